The molecule has 2 aliphatic rings. The van der Waals surface area contributed by atoms with Crippen LogP contribution in [0.5, 0.6) is 0 Å². The molecule has 1 unspecified atom stereocenters. The number of hydrogen-bond donors (Lipinski definition) is 3. The maximum Gasteiger partial charge on any atom is 0.390 e. The molecule has 1 fully saturated rings. The average molecular weight is 497 g/mol. The SMILES string of the molecule is O=C1CCCN1CCCNc1nc(Nc2ccc3c(c2)CCC(CC(F)(F)F)NC3)ncc1Cl. The minimum atomic E-state index is -4.18. The number of likely N-dealkylation sites (tertiary alicyclic amines) is 1. The van der Waals surface area contributed by atoms with Crippen LogP contribution in [0.3, 0.4) is 0 Å². The molecule has 1 amide bonds. The number of aromatic nitrogens is 2. The number of fused-ring (bicyclic) bond motifs is 1. The minimum Gasteiger partial charge on any atom is -0.369 e. The summed E-state index contributed by atoms with van der Waals surface area (Å²) in [6, 6.07) is 5.13. The van der Waals surface area contributed by atoms with Gasteiger partial charge in [-0.1, -0.05) is 17.7 Å². The molecule has 3 heterocycles. The molecule has 1 aromatic carbocycles. The Morgan fingerprint density at radius 1 is 1.24 bits per heavy atom. The number of anilines is 3. The smallest absolute Gasteiger partial charge is 0.369 e. The molecule has 2 aliphatic heterocycles. The highest BCUT2D eigenvalue weighted by molar-refractivity contribution is 6.32. The number of amides is 1. The Balaban J connectivity index is 1.34. The van der Waals surface area contributed by atoms with E-state index in [1.54, 1.807) is 0 Å². The maximum atomic E-state index is 12.8. The second kappa shape index (κ2) is 10.8. The van der Waals surface area contributed by atoms with Crippen LogP contribution in [0.25, 0.3) is 0 Å². The molecule has 0 radical (unpaired) electrons. The topological polar surface area (TPSA) is 82.2 Å². The Bertz CT molecular complexity index is 1020. The molecule has 3 N–H and O–H groups in total. The molecule has 0 bridgehead atoms. The van der Waals surface area contributed by atoms with Crippen LogP contribution in [-0.2, 0) is 17.8 Å². The molecule has 11 heteroatoms. The number of nitrogens with zero attached hydrogens (tertiary/aromatic N) is 3. The van der Waals surface area contributed by atoms with Crippen LogP contribution in [0.15, 0.2) is 24.4 Å². The molecule has 0 aliphatic carbocycles. The largest absolute Gasteiger partial charge is 0.390 e. The van der Waals surface area contributed by atoms with E-state index in [9.17, 15) is 18.0 Å². The van der Waals surface area contributed by atoms with Gasteiger partial charge in [0.1, 0.15) is 10.8 Å². The summed E-state index contributed by atoms with van der Waals surface area (Å²) < 4.78 is 38.3. The molecule has 0 spiro atoms. The van der Waals surface area contributed by atoms with Crippen LogP contribution in [0.2, 0.25) is 5.02 Å². The summed E-state index contributed by atoms with van der Waals surface area (Å²) in [6.45, 7) is 2.55. The van der Waals surface area contributed by atoms with Crippen LogP contribution < -0.4 is 16.0 Å². The molecule has 34 heavy (non-hydrogen) atoms. The van der Waals surface area contributed by atoms with Crippen LogP contribution in [0.1, 0.15) is 43.2 Å². The Kier molecular flexibility index (Phi) is 7.77. The number of carbonyl (C=O) groups is 1. The Morgan fingerprint density at radius 2 is 2.09 bits per heavy atom. The van der Waals surface area contributed by atoms with E-state index in [1.807, 2.05) is 23.1 Å². The minimum absolute atomic E-state index is 0.207. The summed E-state index contributed by atoms with van der Waals surface area (Å²) in [5, 5.41) is 9.76. The van der Waals surface area contributed by atoms with E-state index in [0.29, 0.717) is 55.7 Å². The van der Waals surface area contributed by atoms with E-state index in [4.69, 9.17) is 11.6 Å². The van der Waals surface area contributed by atoms with E-state index in [-0.39, 0.29) is 5.91 Å². The molecule has 4 rings (SSSR count). The van der Waals surface area contributed by atoms with Crippen molar-refractivity contribution in [1.82, 2.24) is 20.2 Å². The lowest BCUT2D eigenvalue weighted by atomic mass is 10.0. The number of aryl methyl sites for hydroxylation is 1. The van der Waals surface area contributed by atoms with Gasteiger partial charge < -0.3 is 20.9 Å². The lowest BCUT2D eigenvalue weighted by Gasteiger charge is -2.17. The van der Waals surface area contributed by atoms with E-state index in [2.05, 4.69) is 25.9 Å². The molecule has 1 atom stereocenters. The normalized spacial score (nSPS) is 18.5. The molecule has 1 aromatic heterocycles. The lowest BCUT2D eigenvalue weighted by molar-refractivity contribution is -0.140. The van der Waals surface area contributed by atoms with Crippen molar-refractivity contribution < 1.29 is 18.0 Å². The number of rotatable bonds is 8. The average Bonchev–Trinajstić information content (AvgIpc) is 3.09. The van der Waals surface area contributed by atoms with Crippen LogP contribution >= 0.6 is 11.6 Å². The summed E-state index contributed by atoms with van der Waals surface area (Å²) in [5.41, 5.74) is 2.76. The monoisotopic (exact) mass is 496 g/mol. The van der Waals surface area contributed by atoms with Gasteiger partial charge >= 0.3 is 6.18 Å². The standard InChI is InChI=1S/C23H28ClF3N6O/c24-19-14-30-22(32-21(19)28-8-2-10-33-9-1-3-20(33)34)31-17-6-5-16-13-29-18(12-23(25,26)27)7-4-15(16)11-17/h5-6,11,14,18,29H,1-4,7-10,12-13H2,(H2,28,30,31,32). The quantitative estimate of drug-likeness (QED) is 0.461. The zero-order valence-corrected chi connectivity index (χ0v) is 19.5. The number of hydrogen-bond acceptors (Lipinski definition) is 6. The summed E-state index contributed by atoms with van der Waals surface area (Å²) in [4.78, 5) is 22.3. The van der Waals surface area contributed by atoms with Crippen molar-refractivity contribution >= 4 is 35.0 Å². The zero-order chi connectivity index (χ0) is 24.1. The van der Waals surface area contributed by atoms with Crippen molar-refractivity contribution in [2.24, 2.45) is 0 Å². The molecular weight excluding hydrogens is 469 g/mol. The van der Waals surface area contributed by atoms with Gasteiger partial charge in [-0.25, -0.2) is 4.98 Å². The highest BCUT2D eigenvalue weighted by Gasteiger charge is 2.32. The zero-order valence-electron chi connectivity index (χ0n) is 18.7. The fraction of sp³-hybridized carbons (Fsp3) is 0.522. The van der Waals surface area contributed by atoms with Gasteiger partial charge in [0.05, 0.1) is 12.6 Å². The summed E-state index contributed by atoms with van der Waals surface area (Å²) in [5.74, 6) is 1.07. The number of alkyl halides is 3. The molecule has 1 saturated heterocycles. The number of nitrogens with one attached hydrogen (secondary N) is 3. The first-order valence-corrected chi connectivity index (χ1v) is 11.9. The van der Waals surface area contributed by atoms with Crippen molar-refractivity contribution in [3.8, 4) is 0 Å². The third kappa shape index (κ3) is 6.73. The van der Waals surface area contributed by atoms with Gasteiger partial charge in [0.25, 0.3) is 0 Å². The second-order valence-electron chi connectivity index (χ2n) is 8.70. The van der Waals surface area contributed by atoms with Crippen molar-refractivity contribution in [1.29, 1.82) is 0 Å². The Morgan fingerprint density at radius 3 is 2.85 bits per heavy atom. The number of carbonyl (C=O) groups excluding carboxylic acids is 1. The molecule has 0 saturated carbocycles. The molecule has 2 aromatic rings. The fourth-order valence-electron chi connectivity index (χ4n) is 4.35. The molecular formula is C23H28ClF3N6O. The number of benzene rings is 1. The predicted molar refractivity (Wildman–Crippen MR) is 125 cm³/mol. The summed E-state index contributed by atoms with van der Waals surface area (Å²) in [7, 11) is 0. The van der Waals surface area contributed by atoms with E-state index >= 15 is 0 Å². The highest BCUT2D eigenvalue weighted by Crippen LogP contribution is 2.28. The highest BCUT2D eigenvalue weighted by atomic mass is 35.5. The third-order valence-electron chi connectivity index (χ3n) is 6.10. The van der Waals surface area contributed by atoms with E-state index in [1.165, 1.54) is 6.20 Å². The first-order chi connectivity index (χ1) is 16.3. The summed E-state index contributed by atoms with van der Waals surface area (Å²) in [6.07, 6.45) is -0.169. The van der Waals surface area contributed by atoms with Crippen LogP contribution in [0, 0.1) is 0 Å². The fourth-order valence-corrected chi connectivity index (χ4v) is 4.50. The third-order valence-corrected chi connectivity index (χ3v) is 6.37. The van der Waals surface area contributed by atoms with Crippen molar-refractivity contribution in [2.75, 3.05) is 30.3 Å². The Labute approximate surface area is 201 Å². The van der Waals surface area contributed by atoms with E-state index < -0.39 is 18.6 Å². The summed E-state index contributed by atoms with van der Waals surface area (Å²) >= 11 is 6.23. The molecule has 184 valence electrons. The van der Waals surface area contributed by atoms with Gasteiger partial charge in [-0.05, 0) is 48.9 Å². The van der Waals surface area contributed by atoms with E-state index in [0.717, 1.165) is 36.2 Å². The first kappa shape index (κ1) is 24.5. The van der Waals surface area contributed by atoms with Crippen molar-refractivity contribution in [3.05, 3.63) is 40.5 Å². The van der Waals surface area contributed by atoms with Gasteiger partial charge in [-0.2, -0.15) is 18.2 Å². The second-order valence-corrected chi connectivity index (χ2v) is 9.11. The van der Waals surface area contributed by atoms with Gasteiger partial charge in [0.15, 0.2) is 0 Å². The Hall–Kier alpha value is -2.59. The predicted octanol–water partition coefficient (Wildman–Crippen LogP) is 4.65. The number of halogens is 4. The van der Waals surface area contributed by atoms with Crippen molar-refractivity contribution in [3.63, 3.8) is 0 Å². The molecule has 7 nitrogen and oxygen atoms in total. The lowest BCUT2D eigenvalue weighted by Crippen LogP contribution is -2.32. The van der Waals surface area contributed by atoms with Gasteiger partial charge in [-0.15, -0.1) is 0 Å². The van der Waals surface area contributed by atoms with Crippen molar-refractivity contribution in [2.45, 2.75) is 57.3 Å². The van der Waals surface area contributed by atoms with Crippen LogP contribution in [-0.4, -0.2) is 52.6 Å². The van der Waals surface area contributed by atoms with Gasteiger partial charge in [0, 0.05) is 44.3 Å². The maximum absolute atomic E-state index is 12.8. The van der Waals surface area contributed by atoms with Gasteiger partial charge in [0.2, 0.25) is 11.9 Å². The first-order valence-electron chi connectivity index (χ1n) is 11.5. The van der Waals surface area contributed by atoms with Crippen LogP contribution in [0.4, 0.5) is 30.6 Å². The van der Waals surface area contributed by atoms with Gasteiger partial charge in [-0.3, -0.25) is 4.79 Å².